The predicted octanol–water partition coefficient (Wildman–Crippen LogP) is 2.58. The fourth-order valence-electron chi connectivity index (χ4n) is 1.61. The number of rotatable bonds is 7. The number of carbonyl (C=O) groups is 1. The Labute approximate surface area is 131 Å². The fourth-order valence-corrected chi connectivity index (χ4v) is 1.61. The van der Waals surface area contributed by atoms with Gasteiger partial charge in [0.25, 0.3) is 0 Å². The smallest absolute Gasteiger partial charge is 0.393 e. The number of hydrogen-bond acceptors (Lipinski definition) is 5. The van der Waals surface area contributed by atoms with Gasteiger partial charge in [-0.2, -0.15) is 13.2 Å². The highest BCUT2D eigenvalue weighted by atomic mass is 19.4. The second kappa shape index (κ2) is 8.54. The summed E-state index contributed by atoms with van der Waals surface area (Å²) in [6, 6.07) is 5.12. The zero-order valence-electron chi connectivity index (χ0n) is 12.6. The summed E-state index contributed by atoms with van der Waals surface area (Å²) in [6.45, 7) is 0. The van der Waals surface area contributed by atoms with Crippen molar-refractivity contribution in [1.82, 2.24) is 0 Å². The van der Waals surface area contributed by atoms with E-state index < -0.39 is 24.9 Å². The second-order valence-electron chi connectivity index (χ2n) is 4.52. The zero-order valence-corrected chi connectivity index (χ0v) is 12.6. The molecule has 0 heterocycles. The van der Waals surface area contributed by atoms with Gasteiger partial charge < -0.3 is 19.3 Å². The molecule has 1 unspecified atom stereocenters. The number of carbonyl (C=O) groups excluding carboxylic acids is 1. The lowest BCUT2D eigenvalue weighted by Gasteiger charge is -2.11. The third-order valence-corrected chi connectivity index (χ3v) is 2.72. The zero-order chi connectivity index (χ0) is 17.5. The predicted molar refractivity (Wildman–Crippen MR) is 74.6 cm³/mol. The number of ether oxygens (including phenoxy) is 3. The molecule has 0 radical (unpaired) electrons. The number of methoxy groups -OCH3 is 2. The molecule has 1 aromatic carbocycles. The highest BCUT2D eigenvalue weighted by Crippen LogP contribution is 2.23. The van der Waals surface area contributed by atoms with Crippen LogP contribution in [0.15, 0.2) is 36.1 Å². The second-order valence-corrected chi connectivity index (χ2v) is 4.52. The van der Waals surface area contributed by atoms with Crippen LogP contribution in [0.2, 0.25) is 0 Å². The molecule has 0 saturated carbocycles. The highest BCUT2D eigenvalue weighted by molar-refractivity contribution is 5.86. The van der Waals surface area contributed by atoms with Crippen molar-refractivity contribution in [2.45, 2.75) is 25.3 Å². The van der Waals surface area contributed by atoms with Gasteiger partial charge in [-0.05, 0) is 23.8 Å². The molecule has 23 heavy (non-hydrogen) atoms. The van der Waals surface area contributed by atoms with Crippen LogP contribution in [-0.2, 0) is 20.7 Å². The van der Waals surface area contributed by atoms with Crippen LogP contribution in [0, 0.1) is 0 Å². The number of alkyl halides is 3. The van der Waals surface area contributed by atoms with E-state index in [4.69, 9.17) is 4.74 Å². The maximum Gasteiger partial charge on any atom is 0.393 e. The van der Waals surface area contributed by atoms with Gasteiger partial charge in [0, 0.05) is 13.5 Å². The standard InChI is InChI=1S/C15H17F3O5/c1-21-13(19)8-7-12(14(20)22-2)23-11-5-3-10(4-6-11)9-15(16,17)18/h3-7,13,19H,8-9H2,1-2H3/b12-7+. The Morgan fingerprint density at radius 3 is 2.35 bits per heavy atom. The first-order valence-electron chi connectivity index (χ1n) is 6.58. The molecule has 5 nitrogen and oxygen atoms in total. The summed E-state index contributed by atoms with van der Waals surface area (Å²) in [6.07, 6.45) is -5.22. The van der Waals surface area contributed by atoms with E-state index in [1.54, 1.807) is 0 Å². The van der Waals surface area contributed by atoms with E-state index >= 15 is 0 Å². The summed E-state index contributed by atoms with van der Waals surface area (Å²) in [4.78, 5) is 11.6. The van der Waals surface area contributed by atoms with E-state index in [0.717, 1.165) is 7.11 Å². The molecule has 1 atom stereocenters. The van der Waals surface area contributed by atoms with Crippen LogP contribution in [-0.4, -0.2) is 37.8 Å². The van der Waals surface area contributed by atoms with Crippen molar-refractivity contribution in [2.24, 2.45) is 0 Å². The number of halogens is 3. The Kier molecular flexibility index (Phi) is 7.05. The Morgan fingerprint density at radius 2 is 1.87 bits per heavy atom. The summed E-state index contributed by atoms with van der Waals surface area (Å²) in [5.74, 6) is -0.820. The van der Waals surface area contributed by atoms with E-state index in [-0.39, 0.29) is 23.5 Å². The number of esters is 1. The Balaban J connectivity index is 2.81. The average molecular weight is 334 g/mol. The van der Waals surface area contributed by atoms with Crippen molar-refractivity contribution in [3.63, 3.8) is 0 Å². The quantitative estimate of drug-likeness (QED) is 0.359. The van der Waals surface area contributed by atoms with Crippen molar-refractivity contribution in [1.29, 1.82) is 0 Å². The van der Waals surface area contributed by atoms with E-state index in [0.29, 0.717) is 0 Å². The van der Waals surface area contributed by atoms with Gasteiger partial charge in [0.1, 0.15) is 5.75 Å². The molecule has 128 valence electrons. The van der Waals surface area contributed by atoms with E-state index in [9.17, 15) is 23.1 Å². The van der Waals surface area contributed by atoms with E-state index in [2.05, 4.69) is 9.47 Å². The summed E-state index contributed by atoms with van der Waals surface area (Å²) in [5.41, 5.74) is 0.0725. The summed E-state index contributed by atoms with van der Waals surface area (Å²) in [5, 5.41) is 9.29. The van der Waals surface area contributed by atoms with Gasteiger partial charge in [-0.1, -0.05) is 12.1 Å². The molecule has 0 aromatic heterocycles. The number of aliphatic hydroxyl groups excluding tert-OH is 1. The van der Waals surface area contributed by atoms with E-state index in [1.165, 1.54) is 37.5 Å². The molecule has 1 rings (SSSR count). The van der Waals surface area contributed by atoms with Gasteiger partial charge in [0.15, 0.2) is 6.29 Å². The average Bonchev–Trinajstić information content (AvgIpc) is 2.50. The van der Waals surface area contributed by atoms with Crippen molar-refractivity contribution in [3.8, 4) is 5.75 Å². The molecule has 0 amide bonds. The molecular weight excluding hydrogens is 317 g/mol. The van der Waals surface area contributed by atoms with Crippen LogP contribution in [0.25, 0.3) is 0 Å². The van der Waals surface area contributed by atoms with Crippen molar-refractivity contribution < 1.29 is 37.3 Å². The van der Waals surface area contributed by atoms with Crippen molar-refractivity contribution in [3.05, 3.63) is 41.7 Å². The summed E-state index contributed by atoms with van der Waals surface area (Å²) < 4.78 is 51.3. The Bertz CT molecular complexity index is 537. The van der Waals surface area contributed by atoms with Crippen molar-refractivity contribution in [2.75, 3.05) is 14.2 Å². The van der Waals surface area contributed by atoms with Gasteiger partial charge in [-0.15, -0.1) is 0 Å². The topological polar surface area (TPSA) is 65.0 Å². The summed E-state index contributed by atoms with van der Waals surface area (Å²) in [7, 11) is 2.44. The first kappa shape index (κ1) is 19.0. The van der Waals surface area contributed by atoms with Crippen LogP contribution >= 0.6 is 0 Å². The molecule has 0 bridgehead atoms. The van der Waals surface area contributed by atoms with Crippen LogP contribution < -0.4 is 4.74 Å². The van der Waals surface area contributed by atoms with Gasteiger partial charge >= 0.3 is 12.1 Å². The van der Waals surface area contributed by atoms with Gasteiger partial charge in [-0.3, -0.25) is 0 Å². The first-order valence-corrected chi connectivity index (χ1v) is 6.58. The van der Waals surface area contributed by atoms with Gasteiger partial charge in [0.2, 0.25) is 5.76 Å². The first-order chi connectivity index (χ1) is 10.7. The monoisotopic (exact) mass is 334 g/mol. The summed E-state index contributed by atoms with van der Waals surface area (Å²) >= 11 is 0. The molecule has 0 aliphatic heterocycles. The minimum Gasteiger partial charge on any atom is -0.463 e. The molecule has 1 aromatic rings. The number of aliphatic hydroxyl groups is 1. The molecule has 0 spiro atoms. The van der Waals surface area contributed by atoms with Gasteiger partial charge in [-0.25, -0.2) is 4.79 Å². The van der Waals surface area contributed by atoms with Crippen LogP contribution in [0.4, 0.5) is 13.2 Å². The van der Waals surface area contributed by atoms with Crippen molar-refractivity contribution >= 4 is 5.97 Å². The number of benzene rings is 1. The lowest BCUT2D eigenvalue weighted by Crippen LogP contribution is -2.14. The van der Waals surface area contributed by atoms with E-state index in [1.807, 2.05) is 0 Å². The largest absolute Gasteiger partial charge is 0.463 e. The number of hydrogen-bond donors (Lipinski definition) is 1. The minimum atomic E-state index is -4.30. The molecular formula is C15H17F3O5. The maximum absolute atomic E-state index is 12.3. The lowest BCUT2D eigenvalue weighted by atomic mass is 10.1. The normalized spacial score (nSPS) is 13.6. The molecule has 0 fully saturated rings. The Morgan fingerprint density at radius 1 is 1.26 bits per heavy atom. The SMILES string of the molecule is COC(=O)/C(=C\CC(O)OC)Oc1ccc(CC(F)(F)F)cc1. The lowest BCUT2D eigenvalue weighted by molar-refractivity contribution is -0.138. The van der Waals surface area contributed by atoms with Crippen LogP contribution in [0.5, 0.6) is 5.75 Å². The third-order valence-electron chi connectivity index (χ3n) is 2.72. The minimum absolute atomic E-state index is 0.0207. The molecule has 0 aliphatic rings. The van der Waals surface area contributed by atoms with Gasteiger partial charge in [0.05, 0.1) is 13.5 Å². The third kappa shape index (κ3) is 7.16. The molecule has 8 heteroatoms. The molecule has 1 N–H and O–H groups in total. The highest BCUT2D eigenvalue weighted by Gasteiger charge is 2.27. The maximum atomic E-state index is 12.3. The molecule has 0 aliphatic carbocycles. The van der Waals surface area contributed by atoms with Crippen LogP contribution in [0.3, 0.4) is 0 Å². The molecule has 0 saturated heterocycles. The van der Waals surface area contributed by atoms with Crippen LogP contribution in [0.1, 0.15) is 12.0 Å². The fraction of sp³-hybridized carbons (Fsp3) is 0.400. The Hall–Kier alpha value is -2.06.